The molecule has 0 radical (unpaired) electrons. The molecule has 2 aromatic carbocycles. The summed E-state index contributed by atoms with van der Waals surface area (Å²) in [6.07, 6.45) is -4.90. The van der Waals surface area contributed by atoms with Gasteiger partial charge in [0.15, 0.2) is 0 Å². The van der Waals surface area contributed by atoms with Crippen LogP contribution in [0.3, 0.4) is 0 Å². The van der Waals surface area contributed by atoms with Gasteiger partial charge in [0.1, 0.15) is 5.82 Å². The Bertz CT molecular complexity index is 785. The Hall–Kier alpha value is -1.60. The van der Waals surface area contributed by atoms with E-state index in [1.54, 1.807) is 0 Å². The van der Waals surface area contributed by atoms with Gasteiger partial charge >= 0.3 is 6.18 Å². The fourth-order valence-corrected chi connectivity index (χ4v) is 2.88. The fourth-order valence-electron chi connectivity index (χ4n) is 1.81. The second kappa shape index (κ2) is 5.31. The summed E-state index contributed by atoms with van der Waals surface area (Å²) in [5.41, 5.74) is -1.16. The third-order valence-corrected chi connectivity index (χ3v) is 4.09. The van der Waals surface area contributed by atoms with E-state index in [0.29, 0.717) is 6.07 Å². The highest BCUT2D eigenvalue weighted by molar-refractivity contribution is 8.13. The zero-order valence-corrected chi connectivity index (χ0v) is 11.7. The number of rotatable bonds is 2. The van der Waals surface area contributed by atoms with Crippen LogP contribution in [0.15, 0.2) is 47.4 Å². The highest BCUT2D eigenvalue weighted by Gasteiger charge is 2.37. The van der Waals surface area contributed by atoms with Crippen molar-refractivity contribution in [3.63, 3.8) is 0 Å². The van der Waals surface area contributed by atoms with Crippen LogP contribution in [0.5, 0.6) is 0 Å². The SMILES string of the molecule is O=S(=O)(Cl)c1ccc(-c2cccc(F)c2)cc1C(F)(F)F. The summed E-state index contributed by atoms with van der Waals surface area (Å²) in [7, 11) is 0.460. The third-order valence-electron chi connectivity index (χ3n) is 2.71. The van der Waals surface area contributed by atoms with Crippen molar-refractivity contribution < 1.29 is 26.0 Å². The molecule has 0 N–H and O–H groups in total. The highest BCUT2D eigenvalue weighted by Crippen LogP contribution is 2.38. The number of benzene rings is 2. The minimum Gasteiger partial charge on any atom is -0.207 e. The van der Waals surface area contributed by atoms with Crippen LogP contribution in [0.1, 0.15) is 5.56 Å². The molecule has 2 rings (SSSR count). The van der Waals surface area contributed by atoms with Crippen molar-refractivity contribution in [2.75, 3.05) is 0 Å². The number of alkyl halides is 3. The van der Waals surface area contributed by atoms with Crippen molar-refractivity contribution in [2.24, 2.45) is 0 Å². The van der Waals surface area contributed by atoms with E-state index < -0.39 is 31.5 Å². The summed E-state index contributed by atoms with van der Waals surface area (Å²) in [5, 5.41) is 0. The van der Waals surface area contributed by atoms with Gasteiger partial charge in [-0.2, -0.15) is 13.2 Å². The van der Waals surface area contributed by atoms with Crippen LogP contribution >= 0.6 is 10.7 Å². The number of hydrogen-bond acceptors (Lipinski definition) is 2. The Balaban J connectivity index is 2.69. The monoisotopic (exact) mass is 338 g/mol. The van der Waals surface area contributed by atoms with E-state index in [0.717, 1.165) is 24.3 Å². The normalized spacial score (nSPS) is 12.4. The minimum atomic E-state index is -4.90. The van der Waals surface area contributed by atoms with Gasteiger partial charge in [-0.15, -0.1) is 0 Å². The second-order valence-corrected chi connectivity index (χ2v) is 6.69. The summed E-state index contributed by atoms with van der Waals surface area (Å²) in [4.78, 5) is -1.03. The first-order chi connectivity index (χ1) is 9.59. The quantitative estimate of drug-likeness (QED) is 0.599. The van der Waals surface area contributed by atoms with Crippen LogP contribution in [0.4, 0.5) is 17.6 Å². The molecule has 2 nitrogen and oxygen atoms in total. The van der Waals surface area contributed by atoms with E-state index in [9.17, 15) is 26.0 Å². The Morgan fingerprint density at radius 1 is 0.952 bits per heavy atom. The van der Waals surface area contributed by atoms with Gasteiger partial charge in [0, 0.05) is 10.7 Å². The van der Waals surface area contributed by atoms with Gasteiger partial charge in [-0.05, 0) is 35.4 Å². The number of halogens is 5. The Labute approximate surface area is 122 Å². The predicted molar refractivity (Wildman–Crippen MR) is 69.9 cm³/mol. The van der Waals surface area contributed by atoms with Gasteiger partial charge in [0.05, 0.1) is 10.5 Å². The molecule has 2 aromatic rings. The molecule has 0 saturated heterocycles. The zero-order chi connectivity index (χ0) is 15.8. The topological polar surface area (TPSA) is 34.1 Å². The maximum absolute atomic E-state index is 13.1. The van der Waals surface area contributed by atoms with E-state index in [-0.39, 0.29) is 11.1 Å². The fraction of sp³-hybridized carbons (Fsp3) is 0.0769. The Morgan fingerprint density at radius 2 is 1.57 bits per heavy atom. The van der Waals surface area contributed by atoms with Gasteiger partial charge in [-0.25, -0.2) is 12.8 Å². The average Bonchev–Trinajstić information content (AvgIpc) is 2.36. The first-order valence-corrected chi connectivity index (χ1v) is 7.82. The minimum absolute atomic E-state index is 0.0332. The highest BCUT2D eigenvalue weighted by atomic mass is 35.7. The van der Waals surface area contributed by atoms with Gasteiger partial charge in [0.25, 0.3) is 9.05 Å². The molecule has 0 atom stereocenters. The van der Waals surface area contributed by atoms with E-state index in [1.807, 2.05) is 0 Å². The molecule has 8 heteroatoms. The van der Waals surface area contributed by atoms with Crippen LogP contribution in [-0.4, -0.2) is 8.42 Å². The largest absolute Gasteiger partial charge is 0.417 e. The lowest BCUT2D eigenvalue weighted by Crippen LogP contribution is -2.11. The first-order valence-electron chi connectivity index (χ1n) is 5.51. The molecule has 0 bridgehead atoms. The molecule has 0 aliphatic heterocycles. The summed E-state index contributed by atoms with van der Waals surface area (Å²) in [6, 6.07) is 7.46. The van der Waals surface area contributed by atoms with Crippen LogP contribution < -0.4 is 0 Å². The van der Waals surface area contributed by atoms with E-state index in [1.165, 1.54) is 12.1 Å². The van der Waals surface area contributed by atoms with Crippen molar-refractivity contribution in [1.29, 1.82) is 0 Å². The van der Waals surface area contributed by atoms with Gasteiger partial charge in [-0.3, -0.25) is 0 Å². The van der Waals surface area contributed by atoms with Gasteiger partial charge < -0.3 is 0 Å². The molecule has 0 saturated carbocycles. The van der Waals surface area contributed by atoms with E-state index in [4.69, 9.17) is 10.7 Å². The van der Waals surface area contributed by atoms with Crippen LogP contribution in [0.25, 0.3) is 11.1 Å². The Morgan fingerprint density at radius 3 is 2.10 bits per heavy atom. The summed E-state index contributed by atoms with van der Waals surface area (Å²) >= 11 is 0. The van der Waals surface area contributed by atoms with Crippen molar-refractivity contribution in [2.45, 2.75) is 11.1 Å². The molecule has 0 amide bonds. The third kappa shape index (κ3) is 3.54. The van der Waals surface area contributed by atoms with E-state index in [2.05, 4.69) is 0 Å². The van der Waals surface area contributed by atoms with Crippen LogP contribution in [0.2, 0.25) is 0 Å². The van der Waals surface area contributed by atoms with Crippen molar-refractivity contribution in [3.8, 4) is 11.1 Å². The molecule has 0 heterocycles. The molecule has 21 heavy (non-hydrogen) atoms. The smallest absolute Gasteiger partial charge is 0.207 e. The molecule has 0 fully saturated rings. The first kappa shape index (κ1) is 15.8. The van der Waals surface area contributed by atoms with Gasteiger partial charge in [0.2, 0.25) is 0 Å². The summed E-state index contributed by atoms with van der Waals surface area (Å²) < 4.78 is 74.4. The molecule has 0 aliphatic carbocycles. The maximum Gasteiger partial charge on any atom is 0.417 e. The second-order valence-electron chi connectivity index (χ2n) is 4.16. The zero-order valence-electron chi connectivity index (χ0n) is 10.2. The predicted octanol–water partition coefficient (Wildman–Crippen LogP) is 4.44. The lowest BCUT2D eigenvalue weighted by Gasteiger charge is -2.13. The molecule has 0 aliphatic rings. The lowest BCUT2D eigenvalue weighted by molar-refractivity contribution is -0.139. The molecule has 0 aromatic heterocycles. The number of hydrogen-bond donors (Lipinski definition) is 0. The Kier molecular flexibility index (Phi) is 3.99. The van der Waals surface area contributed by atoms with Crippen LogP contribution in [-0.2, 0) is 15.2 Å². The standard InChI is InChI=1S/C13H7ClF4O2S/c14-21(19,20)12-5-4-9(7-11(12)13(16,17)18)8-2-1-3-10(15)6-8/h1-7H. The van der Waals surface area contributed by atoms with Crippen LogP contribution in [0, 0.1) is 5.82 Å². The molecule has 0 spiro atoms. The maximum atomic E-state index is 13.1. The molecular formula is C13H7ClF4O2S. The van der Waals surface area contributed by atoms with Crippen molar-refractivity contribution >= 4 is 19.7 Å². The van der Waals surface area contributed by atoms with E-state index >= 15 is 0 Å². The van der Waals surface area contributed by atoms with Crippen molar-refractivity contribution in [3.05, 3.63) is 53.8 Å². The molecule has 0 unspecified atom stereocenters. The van der Waals surface area contributed by atoms with Gasteiger partial charge in [-0.1, -0.05) is 18.2 Å². The summed E-state index contributed by atoms with van der Waals surface area (Å²) in [5.74, 6) is -0.616. The van der Waals surface area contributed by atoms with Crippen molar-refractivity contribution in [1.82, 2.24) is 0 Å². The molecule has 112 valence electrons. The average molecular weight is 339 g/mol. The summed E-state index contributed by atoms with van der Waals surface area (Å²) in [6.45, 7) is 0. The lowest BCUT2D eigenvalue weighted by atomic mass is 10.0. The molecular weight excluding hydrogens is 332 g/mol.